The van der Waals surface area contributed by atoms with Gasteiger partial charge in [0.1, 0.15) is 23.1 Å². The highest BCUT2D eigenvalue weighted by molar-refractivity contribution is 6.00. The Hall–Kier alpha value is -2.63. The number of para-hydroxylation sites is 1. The number of oxime groups is 1. The summed E-state index contributed by atoms with van der Waals surface area (Å²) in [5.74, 6) is -1.39. The van der Waals surface area contributed by atoms with Crippen LogP contribution in [0.15, 0.2) is 41.6 Å². The van der Waals surface area contributed by atoms with Crippen LogP contribution in [0.1, 0.15) is 11.1 Å². The molecule has 0 aliphatic carbocycles. The number of nitrogens with zero attached hydrogens (tertiary/aromatic N) is 1. The first-order valence-electron chi connectivity index (χ1n) is 5.72. The number of amidine groups is 1. The lowest BCUT2D eigenvalue weighted by atomic mass is 10.1. The summed E-state index contributed by atoms with van der Waals surface area (Å²) in [6, 6.07) is 7.85. The van der Waals surface area contributed by atoms with Crippen molar-refractivity contribution in [3.63, 3.8) is 0 Å². The summed E-state index contributed by atoms with van der Waals surface area (Å²) in [5, 5.41) is 11.6. The van der Waals surface area contributed by atoms with Crippen LogP contribution in [0.5, 0.6) is 11.5 Å². The van der Waals surface area contributed by atoms with E-state index in [0.29, 0.717) is 11.1 Å². The van der Waals surface area contributed by atoms with Crippen LogP contribution in [0.25, 0.3) is 0 Å². The average Bonchev–Trinajstić information content (AvgIpc) is 2.39. The molecule has 2 aromatic rings. The predicted molar refractivity (Wildman–Crippen MR) is 70.1 cm³/mol. The van der Waals surface area contributed by atoms with E-state index in [9.17, 15) is 8.78 Å². The van der Waals surface area contributed by atoms with E-state index in [0.717, 1.165) is 18.2 Å². The first-order valence-corrected chi connectivity index (χ1v) is 5.72. The SMILES string of the molecule is Cc1cccc(/C(N)=N/O)c1Oc1cc(F)cc(F)c1. The normalized spacial score (nSPS) is 11.4. The standard InChI is InChI=1S/C14H12F2N2O2/c1-8-3-2-4-12(14(17)18-19)13(8)20-11-6-9(15)5-10(16)7-11/h2-7,19H,1H3,(H2,17,18). The number of aryl methyl sites for hydroxylation is 1. The largest absolute Gasteiger partial charge is 0.456 e. The van der Waals surface area contributed by atoms with Gasteiger partial charge in [-0.2, -0.15) is 0 Å². The molecule has 2 rings (SSSR count). The molecule has 0 bridgehead atoms. The summed E-state index contributed by atoms with van der Waals surface area (Å²) >= 11 is 0. The Morgan fingerprint density at radius 2 is 1.85 bits per heavy atom. The second kappa shape index (κ2) is 5.56. The van der Waals surface area contributed by atoms with Gasteiger partial charge in [-0.3, -0.25) is 0 Å². The molecule has 0 saturated carbocycles. The molecule has 0 unspecified atom stereocenters. The molecule has 0 radical (unpaired) electrons. The molecule has 0 saturated heterocycles. The molecule has 0 fully saturated rings. The Morgan fingerprint density at radius 1 is 1.20 bits per heavy atom. The van der Waals surface area contributed by atoms with Gasteiger partial charge in [0.2, 0.25) is 0 Å². The minimum atomic E-state index is -0.751. The van der Waals surface area contributed by atoms with Crippen molar-refractivity contribution in [1.82, 2.24) is 0 Å². The van der Waals surface area contributed by atoms with Crippen molar-refractivity contribution >= 4 is 5.84 Å². The number of ether oxygens (including phenoxy) is 1. The second-order valence-electron chi connectivity index (χ2n) is 4.14. The number of benzene rings is 2. The fourth-order valence-corrected chi connectivity index (χ4v) is 1.75. The fraction of sp³-hybridized carbons (Fsp3) is 0.0714. The third-order valence-electron chi connectivity index (χ3n) is 2.65. The summed E-state index contributed by atoms with van der Waals surface area (Å²) in [6.45, 7) is 1.74. The van der Waals surface area contributed by atoms with Gasteiger partial charge in [0.05, 0.1) is 5.56 Å². The van der Waals surface area contributed by atoms with Crippen molar-refractivity contribution in [1.29, 1.82) is 0 Å². The molecule has 0 aliphatic heterocycles. The molecule has 20 heavy (non-hydrogen) atoms. The van der Waals surface area contributed by atoms with Gasteiger partial charge in [0, 0.05) is 18.2 Å². The summed E-state index contributed by atoms with van der Waals surface area (Å²) < 4.78 is 31.8. The zero-order valence-corrected chi connectivity index (χ0v) is 10.6. The first kappa shape index (κ1) is 13.8. The zero-order valence-electron chi connectivity index (χ0n) is 10.6. The van der Waals surface area contributed by atoms with Crippen molar-refractivity contribution in [2.24, 2.45) is 10.9 Å². The van der Waals surface area contributed by atoms with Crippen LogP contribution in [-0.2, 0) is 0 Å². The van der Waals surface area contributed by atoms with Crippen LogP contribution in [0, 0.1) is 18.6 Å². The first-order chi connectivity index (χ1) is 9.51. The van der Waals surface area contributed by atoms with Gasteiger partial charge >= 0.3 is 0 Å². The second-order valence-corrected chi connectivity index (χ2v) is 4.14. The van der Waals surface area contributed by atoms with Gasteiger partial charge in [0.15, 0.2) is 5.84 Å². The molecule has 4 nitrogen and oxygen atoms in total. The van der Waals surface area contributed by atoms with E-state index >= 15 is 0 Å². The highest BCUT2D eigenvalue weighted by Gasteiger charge is 2.13. The third kappa shape index (κ3) is 2.85. The Labute approximate surface area is 114 Å². The minimum Gasteiger partial charge on any atom is -0.456 e. The number of nitrogens with two attached hydrogens (primary N) is 1. The van der Waals surface area contributed by atoms with Gasteiger partial charge in [0.25, 0.3) is 0 Å². The van der Waals surface area contributed by atoms with Gasteiger partial charge in [-0.25, -0.2) is 8.78 Å². The van der Waals surface area contributed by atoms with Gasteiger partial charge in [-0.05, 0) is 18.6 Å². The minimum absolute atomic E-state index is 0.0104. The Morgan fingerprint density at radius 3 is 2.45 bits per heavy atom. The third-order valence-corrected chi connectivity index (χ3v) is 2.65. The van der Waals surface area contributed by atoms with Crippen molar-refractivity contribution < 1.29 is 18.7 Å². The quantitative estimate of drug-likeness (QED) is 0.392. The molecule has 0 aliphatic rings. The molecule has 2 aromatic carbocycles. The summed E-state index contributed by atoms with van der Waals surface area (Å²) in [6.07, 6.45) is 0. The molecular formula is C14H12F2N2O2. The fourth-order valence-electron chi connectivity index (χ4n) is 1.75. The van der Waals surface area contributed by atoms with E-state index in [1.54, 1.807) is 25.1 Å². The Balaban J connectivity index is 2.47. The van der Waals surface area contributed by atoms with Crippen molar-refractivity contribution in [3.8, 4) is 11.5 Å². The number of rotatable bonds is 3. The highest BCUT2D eigenvalue weighted by Crippen LogP contribution is 2.29. The van der Waals surface area contributed by atoms with Gasteiger partial charge < -0.3 is 15.7 Å². The van der Waals surface area contributed by atoms with E-state index in [4.69, 9.17) is 15.7 Å². The molecule has 6 heteroatoms. The molecule has 0 aromatic heterocycles. The topological polar surface area (TPSA) is 67.8 Å². The maximum Gasteiger partial charge on any atom is 0.173 e. The van der Waals surface area contributed by atoms with E-state index < -0.39 is 11.6 Å². The van der Waals surface area contributed by atoms with Crippen LogP contribution in [0.2, 0.25) is 0 Å². The lowest BCUT2D eigenvalue weighted by Gasteiger charge is -2.13. The molecule has 0 atom stereocenters. The van der Waals surface area contributed by atoms with E-state index in [-0.39, 0.29) is 17.3 Å². The highest BCUT2D eigenvalue weighted by atomic mass is 19.1. The molecule has 0 amide bonds. The van der Waals surface area contributed by atoms with Crippen molar-refractivity contribution in [3.05, 3.63) is 59.2 Å². The monoisotopic (exact) mass is 278 g/mol. The maximum absolute atomic E-state index is 13.1. The van der Waals surface area contributed by atoms with Crippen molar-refractivity contribution in [2.75, 3.05) is 0 Å². The summed E-state index contributed by atoms with van der Waals surface area (Å²) in [7, 11) is 0. The predicted octanol–water partition coefficient (Wildman–Crippen LogP) is 3.16. The Kier molecular flexibility index (Phi) is 3.84. The zero-order chi connectivity index (χ0) is 14.7. The molecule has 104 valence electrons. The van der Waals surface area contributed by atoms with Crippen LogP contribution in [-0.4, -0.2) is 11.0 Å². The van der Waals surface area contributed by atoms with E-state index in [1.807, 2.05) is 0 Å². The summed E-state index contributed by atoms with van der Waals surface area (Å²) in [5.41, 5.74) is 6.56. The van der Waals surface area contributed by atoms with Crippen molar-refractivity contribution in [2.45, 2.75) is 6.92 Å². The smallest absolute Gasteiger partial charge is 0.173 e. The van der Waals surface area contributed by atoms with Crippen LogP contribution >= 0.6 is 0 Å². The summed E-state index contributed by atoms with van der Waals surface area (Å²) in [4.78, 5) is 0. The lowest BCUT2D eigenvalue weighted by Crippen LogP contribution is -2.14. The molecular weight excluding hydrogens is 266 g/mol. The lowest BCUT2D eigenvalue weighted by molar-refractivity contribution is 0.318. The molecule has 0 spiro atoms. The number of hydrogen-bond acceptors (Lipinski definition) is 3. The van der Waals surface area contributed by atoms with Gasteiger partial charge in [-0.1, -0.05) is 17.3 Å². The van der Waals surface area contributed by atoms with E-state index in [1.165, 1.54) is 0 Å². The molecule has 0 heterocycles. The average molecular weight is 278 g/mol. The van der Waals surface area contributed by atoms with Crippen LogP contribution in [0.4, 0.5) is 8.78 Å². The number of halogens is 2. The van der Waals surface area contributed by atoms with E-state index in [2.05, 4.69) is 5.16 Å². The maximum atomic E-state index is 13.1. The van der Waals surface area contributed by atoms with Crippen LogP contribution < -0.4 is 10.5 Å². The van der Waals surface area contributed by atoms with Crippen LogP contribution in [0.3, 0.4) is 0 Å². The Bertz CT molecular complexity index is 652. The van der Waals surface area contributed by atoms with Gasteiger partial charge in [-0.15, -0.1) is 0 Å². The molecule has 3 N–H and O–H groups in total. The number of hydrogen-bond donors (Lipinski definition) is 2.